The lowest BCUT2D eigenvalue weighted by molar-refractivity contribution is -0.138. The van der Waals surface area contributed by atoms with E-state index in [2.05, 4.69) is 9.97 Å². The number of amides is 1. The highest BCUT2D eigenvalue weighted by Gasteiger charge is 2.33. The van der Waals surface area contributed by atoms with Gasteiger partial charge in [-0.1, -0.05) is 6.92 Å². The van der Waals surface area contributed by atoms with Gasteiger partial charge in [0, 0.05) is 38.1 Å². The Morgan fingerprint density at radius 2 is 2.00 bits per heavy atom. The molecule has 0 spiro atoms. The summed E-state index contributed by atoms with van der Waals surface area (Å²) >= 11 is 0. The number of halogens is 3. The van der Waals surface area contributed by atoms with Crippen LogP contribution in [0.15, 0.2) is 12.4 Å². The van der Waals surface area contributed by atoms with Crippen molar-refractivity contribution in [3.8, 4) is 0 Å². The number of hydrogen-bond donors (Lipinski definition) is 1. The van der Waals surface area contributed by atoms with Crippen LogP contribution in [0.2, 0.25) is 0 Å². The first-order valence-electron chi connectivity index (χ1n) is 6.46. The van der Waals surface area contributed by atoms with Crippen molar-refractivity contribution in [3.05, 3.63) is 18.0 Å². The Morgan fingerprint density at radius 1 is 1.38 bits per heavy atom. The van der Waals surface area contributed by atoms with Gasteiger partial charge in [-0.05, 0) is 6.42 Å². The summed E-state index contributed by atoms with van der Waals surface area (Å²) in [5.74, 6) is 0.194. The van der Waals surface area contributed by atoms with Gasteiger partial charge >= 0.3 is 12.3 Å². The monoisotopic (exact) mass is 304 g/mol. The summed E-state index contributed by atoms with van der Waals surface area (Å²) in [4.78, 5) is 21.5. The number of piperazine rings is 1. The fourth-order valence-electron chi connectivity index (χ4n) is 2.26. The van der Waals surface area contributed by atoms with Crippen molar-refractivity contribution in [2.75, 3.05) is 24.5 Å². The van der Waals surface area contributed by atoms with Crippen LogP contribution in [0, 0.1) is 0 Å². The van der Waals surface area contributed by atoms with Crippen molar-refractivity contribution in [2.45, 2.75) is 25.6 Å². The van der Waals surface area contributed by atoms with E-state index in [1.807, 2.05) is 6.92 Å². The summed E-state index contributed by atoms with van der Waals surface area (Å²) in [5, 5.41) is 8.99. The first-order chi connectivity index (χ1) is 9.82. The topological polar surface area (TPSA) is 69.6 Å². The van der Waals surface area contributed by atoms with E-state index in [4.69, 9.17) is 5.11 Å². The molecule has 21 heavy (non-hydrogen) atoms. The minimum atomic E-state index is -4.47. The van der Waals surface area contributed by atoms with Crippen LogP contribution in [0.5, 0.6) is 0 Å². The first-order valence-corrected chi connectivity index (χ1v) is 6.46. The molecule has 1 amide bonds. The van der Waals surface area contributed by atoms with Gasteiger partial charge in [0.15, 0.2) is 0 Å². The van der Waals surface area contributed by atoms with Crippen LogP contribution in [0.4, 0.5) is 23.9 Å². The second kappa shape index (κ2) is 5.74. The molecule has 1 unspecified atom stereocenters. The SMILES string of the molecule is CCC1CN(C(=O)O)CCN1c1ncc(C(F)(F)F)cn1. The molecule has 1 aromatic rings. The average molecular weight is 304 g/mol. The maximum absolute atomic E-state index is 12.5. The molecule has 1 fully saturated rings. The van der Waals surface area contributed by atoms with Crippen LogP contribution in [0.1, 0.15) is 18.9 Å². The van der Waals surface area contributed by atoms with E-state index < -0.39 is 17.8 Å². The molecular formula is C12H15F3N4O2. The number of hydrogen-bond acceptors (Lipinski definition) is 4. The molecule has 1 aromatic heterocycles. The number of carbonyl (C=O) groups is 1. The Bertz CT molecular complexity index is 506. The van der Waals surface area contributed by atoms with Crippen molar-refractivity contribution in [1.82, 2.24) is 14.9 Å². The molecule has 1 saturated heterocycles. The van der Waals surface area contributed by atoms with Crippen LogP contribution in [-0.2, 0) is 6.18 Å². The Labute approximate surface area is 119 Å². The summed E-state index contributed by atoms with van der Waals surface area (Å²) < 4.78 is 37.4. The predicted octanol–water partition coefficient (Wildman–Crippen LogP) is 2.07. The quantitative estimate of drug-likeness (QED) is 0.906. The second-order valence-corrected chi connectivity index (χ2v) is 4.75. The molecule has 1 atom stereocenters. The molecule has 6 nitrogen and oxygen atoms in total. The first kappa shape index (κ1) is 15.3. The molecule has 0 aromatic carbocycles. The van der Waals surface area contributed by atoms with Gasteiger partial charge in [0.1, 0.15) is 0 Å². The molecule has 0 bridgehead atoms. The van der Waals surface area contributed by atoms with E-state index in [9.17, 15) is 18.0 Å². The van der Waals surface area contributed by atoms with E-state index in [-0.39, 0.29) is 25.1 Å². The van der Waals surface area contributed by atoms with E-state index in [0.29, 0.717) is 13.0 Å². The van der Waals surface area contributed by atoms with E-state index >= 15 is 0 Å². The molecule has 9 heteroatoms. The van der Waals surface area contributed by atoms with Gasteiger partial charge in [-0.15, -0.1) is 0 Å². The summed E-state index contributed by atoms with van der Waals surface area (Å²) in [6.07, 6.45) is -3.32. The molecule has 0 saturated carbocycles. The maximum atomic E-state index is 12.5. The van der Waals surface area contributed by atoms with Gasteiger partial charge in [-0.25, -0.2) is 14.8 Å². The molecule has 1 aliphatic rings. The van der Waals surface area contributed by atoms with E-state index in [1.165, 1.54) is 4.90 Å². The van der Waals surface area contributed by atoms with Gasteiger partial charge in [-0.2, -0.15) is 13.2 Å². The number of rotatable bonds is 2. The van der Waals surface area contributed by atoms with Crippen LogP contribution in [-0.4, -0.2) is 51.7 Å². The molecule has 1 N–H and O–H groups in total. The Kier molecular flexibility index (Phi) is 4.19. The highest BCUT2D eigenvalue weighted by Crippen LogP contribution is 2.29. The van der Waals surface area contributed by atoms with Gasteiger partial charge in [0.2, 0.25) is 5.95 Å². The normalized spacial score (nSPS) is 19.7. The van der Waals surface area contributed by atoms with Crippen molar-refractivity contribution in [1.29, 1.82) is 0 Å². The largest absolute Gasteiger partial charge is 0.465 e. The van der Waals surface area contributed by atoms with Gasteiger partial charge in [0.05, 0.1) is 5.56 Å². The number of alkyl halides is 3. The number of carboxylic acid groups (broad SMARTS) is 1. The third-order valence-electron chi connectivity index (χ3n) is 3.45. The predicted molar refractivity (Wildman–Crippen MR) is 68.1 cm³/mol. The molecule has 116 valence electrons. The summed E-state index contributed by atoms with van der Waals surface area (Å²) in [5.41, 5.74) is -0.900. The summed E-state index contributed by atoms with van der Waals surface area (Å²) in [6.45, 7) is 2.80. The number of anilines is 1. The lowest BCUT2D eigenvalue weighted by Gasteiger charge is -2.40. The van der Waals surface area contributed by atoms with Gasteiger partial charge in [0.25, 0.3) is 0 Å². The molecule has 0 aliphatic carbocycles. The third kappa shape index (κ3) is 3.34. The minimum Gasteiger partial charge on any atom is -0.465 e. The van der Waals surface area contributed by atoms with Crippen molar-refractivity contribution >= 4 is 12.0 Å². The average Bonchev–Trinajstić information content (AvgIpc) is 2.45. The molecular weight excluding hydrogens is 289 g/mol. The zero-order valence-corrected chi connectivity index (χ0v) is 11.3. The maximum Gasteiger partial charge on any atom is 0.419 e. The highest BCUT2D eigenvalue weighted by atomic mass is 19.4. The fourth-order valence-corrected chi connectivity index (χ4v) is 2.26. The van der Waals surface area contributed by atoms with Crippen molar-refractivity contribution in [3.63, 3.8) is 0 Å². The zero-order chi connectivity index (χ0) is 15.6. The van der Waals surface area contributed by atoms with Gasteiger partial charge in [-0.3, -0.25) is 0 Å². The Hall–Kier alpha value is -2.06. The van der Waals surface area contributed by atoms with Crippen molar-refractivity contribution < 1.29 is 23.1 Å². The zero-order valence-electron chi connectivity index (χ0n) is 11.3. The molecule has 1 aliphatic heterocycles. The van der Waals surface area contributed by atoms with E-state index in [1.54, 1.807) is 4.90 Å². The Balaban J connectivity index is 2.16. The fraction of sp³-hybridized carbons (Fsp3) is 0.583. The van der Waals surface area contributed by atoms with Crippen LogP contribution in [0.3, 0.4) is 0 Å². The second-order valence-electron chi connectivity index (χ2n) is 4.75. The van der Waals surface area contributed by atoms with Crippen LogP contribution >= 0.6 is 0 Å². The van der Waals surface area contributed by atoms with Gasteiger partial charge < -0.3 is 14.9 Å². The molecule has 0 radical (unpaired) electrons. The standard InChI is InChI=1S/C12H15F3N4O2/c1-2-9-7-18(11(20)21)3-4-19(9)10-16-5-8(6-17-10)12(13,14)15/h5-6,9H,2-4,7H2,1H3,(H,20,21). The Morgan fingerprint density at radius 3 is 2.48 bits per heavy atom. The lowest BCUT2D eigenvalue weighted by Crippen LogP contribution is -2.55. The number of nitrogens with zero attached hydrogens (tertiary/aromatic N) is 4. The van der Waals surface area contributed by atoms with Crippen molar-refractivity contribution in [2.24, 2.45) is 0 Å². The van der Waals surface area contributed by atoms with E-state index in [0.717, 1.165) is 12.4 Å². The third-order valence-corrected chi connectivity index (χ3v) is 3.45. The summed E-state index contributed by atoms with van der Waals surface area (Å²) in [6, 6.07) is -0.147. The van der Waals surface area contributed by atoms with Crippen LogP contribution in [0.25, 0.3) is 0 Å². The van der Waals surface area contributed by atoms with Crippen LogP contribution < -0.4 is 4.90 Å². The molecule has 2 heterocycles. The summed E-state index contributed by atoms with van der Waals surface area (Å²) in [7, 11) is 0. The molecule has 2 rings (SSSR count). The minimum absolute atomic E-state index is 0.147. The highest BCUT2D eigenvalue weighted by molar-refractivity contribution is 5.65. The smallest absolute Gasteiger partial charge is 0.419 e. The number of aromatic nitrogens is 2. The lowest BCUT2D eigenvalue weighted by atomic mass is 10.1.